The topological polar surface area (TPSA) is 26.7 Å². The number of anilines is 1. The highest BCUT2D eigenvalue weighted by Gasteiger charge is 2.23. The molecule has 1 unspecified atom stereocenters. The third kappa shape index (κ3) is 3.71. The molecule has 1 aliphatic rings. The molecule has 1 N–H and O–H groups in total. The third-order valence-electron chi connectivity index (χ3n) is 4.04. The molecule has 19 heavy (non-hydrogen) atoms. The van der Waals surface area contributed by atoms with E-state index in [9.17, 15) is 0 Å². The molecule has 3 nitrogen and oxygen atoms in total. The van der Waals surface area contributed by atoms with Gasteiger partial charge in [-0.2, -0.15) is 0 Å². The van der Waals surface area contributed by atoms with Crippen LogP contribution in [-0.4, -0.2) is 49.3 Å². The molecule has 1 atom stereocenters. The summed E-state index contributed by atoms with van der Waals surface area (Å²) in [4.78, 5) is 4.77. The zero-order valence-electron chi connectivity index (χ0n) is 12.4. The molecule has 1 heterocycles. The minimum atomic E-state index is 0.247. The first-order chi connectivity index (χ1) is 9.10. The average molecular weight is 262 g/mol. The molecule has 2 rings (SSSR count). The summed E-state index contributed by atoms with van der Waals surface area (Å²) >= 11 is 0. The maximum atomic E-state index is 9.07. The van der Waals surface area contributed by atoms with Crippen LogP contribution < -0.4 is 4.90 Å². The molecule has 0 radical (unpaired) electrons. The first-order valence-corrected chi connectivity index (χ1v) is 7.24. The van der Waals surface area contributed by atoms with Crippen molar-refractivity contribution in [3.63, 3.8) is 0 Å². The zero-order chi connectivity index (χ0) is 13.8. The molecule has 0 aromatic heterocycles. The Morgan fingerprint density at radius 3 is 2.58 bits per heavy atom. The van der Waals surface area contributed by atoms with Crippen LogP contribution in [0, 0.1) is 13.8 Å². The van der Waals surface area contributed by atoms with Gasteiger partial charge in [0.15, 0.2) is 0 Å². The van der Waals surface area contributed by atoms with E-state index in [-0.39, 0.29) is 6.61 Å². The molecule has 0 spiro atoms. The fourth-order valence-corrected chi connectivity index (χ4v) is 3.02. The van der Waals surface area contributed by atoms with E-state index in [1.165, 1.54) is 29.7 Å². The smallest absolute Gasteiger partial charge is 0.0558 e. The minimum absolute atomic E-state index is 0.247. The Hall–Kier alpha value is -1.06. The lowest BCUT2D eigenvalue weighted by atomic mass is 10.0. The van der Waals surface area contributed by atoms with Crippen LogP contribution in [0.2, 0.25) is 0 Å². The molecule has 1 aliphatic heterocycles. The third-order valence-corrected chi connectivity index (χ3v) is 4.04. The molecule has 1 aromatic carbocycles. The lowest BCUT2D eigenvalue weighted by molar-refractivity contribution is 0.166. The summed E-state index contributed by atoms with van der Waals surface area (Å²) in [5, 5.41) is 9.07. The fourth-order valence-electron chi connectivity index (χ4n) is 3.02. The summed E-state index contributed by atoms with van der Waals surface area (Å²) in [6.07, 6.45) is 2.46. The quantitative estimate of drug-likeness (QED) is 0.901. The summed E-state index contributed by atoms with van der Waals surface area (Å²) in [5.74, 6) is 0. The molecule has 1 saturated heterocycles. The summed E-state index contributed by atoms with van der Waals surface area (Å²) in [6.45, 7) is 7.55. The number of aliphatic hydroxyl groups excluding tert-OH is 1. The van der Waals surface area contributed by atoms with Gasteiger partial charge >= 0.3 is 0 Å². The van der Waals surface area contributed by atoms with E-state index in [0.717, 1.165) is 19.6 Å². The molecular weight excluding hydrogens is 236 g/mol. The van der Waals surface area contributed by atoms with Crippen LogP contribution in [0.15, 0.2) is 18.2 Å². The Bertz CT molecular complexity index is 399. The summed E-state index contributed by atoms with van der Waals surface area (Å²) in [7, 11) is 2.12. The van der Waals surface area contributed by atoms with E-state index < -0.39 is 0 Å². The van der Waals surface area contributed by atoms with E-state index in [2.05, 4.69) is 48.9 Å². The number of piperidine rings is 1. The van der Waals surface area contributed by atoms with Gasteiger partial charge < -0.3 is 10.0 Å². The van der Waals surface area contributed by atoms with Crippen molar-refractivity contribution in [1.29, 1.82) is 0 Å². The number of aliphatic hydroxyl groups is 1. The van der Waals surface area contributed by atoms with Crippen LogP contribution in [-0.2, 0) is 0 Å². The Balaban J connectivity index is 2.08. The Morgan fingerprint density at radius 1 is 1.26 bits per heavy atom. The van der Waals surface area contributed by atoms with Gasteiger partial charge in [0.2, 0.25) is 0 Å². The second kappa shape index (κ2) is 6.40. The van der Waals surface area contributed by atoms with Gasteiger partial charge in [-0.25, -0.2) is 0 Å². The molecule has 0 amide bonds. The second-order valence-electron chi connectivity index (χ2n) is 5.79. The molecule has 106 valence electrons. The van der Waals surface area contributed by atoms with E-state index in [1.54, 1.807) is 0 Å². The Kier molecular flexibility index (Phi) is 4.83. The maximum absolute atomic E-state index is 9.07. The molecule has 3 heteroatoms. The van der Waals surface area contributed by atoms with Crippen LogP contribution in [0.25, 0.3) is 0 Å². The number of likely N-dealkylation sites (N-methyl/N-ethyl adjacent to an activating group) is 1. The fraction of sp³-hybridized carbons (Fsp3) is 0.625. The monoisotopic (exact) mass is 262 g/mol. The number of nitrogens with zero attached hydrogens (tertiary/aromatic N) is 2. The number of hydrogen-bond donors (Lipinski definition) is 1. The van der Waals surface area contributed by atoms with Crippen LogP contribution in [0.4, 0.5) is 5.69 Å². The molecule has 0 bridgehead atoms. The van der Waals surface area contributed by atoms with Crippen LogP contribution >= 0.6 is 0 Å². The van der Waals surface area contributed by atoms with Gasteiger partial charge in [0.25, 0.3) is 0 Å². The zero-order valence-corrected chi connectivity index (χ0v) is 12.4. The van der Waals surface area contributed by atoms with Crippen molar-refractivity contribution in [3.05, 3.63) is 29.3 Å². The Labute approximate surface area is 116 Å². The van der Waals surface area contributed by atoms with Crippen molar-refractivity contribution in [3.8, 4) is 0 Å². The second-order valence-corrected chi connectivity index (χ2v) is 5.79. The summed E-state index contributed by atoms with van der Waals surface area (Å²) < 4.78 is 0. The highest BCUT2D eigenvalue weighted by Crippen LogP contribution is 2.24. The highest BCUT2D eigenvalue weighted by molar-refractivity contribution is 5.51. The van der Waals surface area contributed by atoms with Crippen molar-refractivity contribution in [2.45, 2.75) is 32.7 Å². The maximum Gasteiger partial charge on any atom is 0.0558 e. The lowest BCUT2D eigenvalue weighted by Gasteiger charge is -2.39. The van der Waals surface area contributed by atoms with Crippen molar-refractivity contribution < 1.29 is 5.11 Å². The molecule has 0 saturated carbocycles. The first-order valence-electron chi connectivity index (χ1n) is 7.24. The minimum Gasteiger partial charge on any atom is -0.395 e. The van der Waals surface area contributed by atoms with E-state index in [1.807, 2.05) is 0 Å². The Morgan fingerprint density at radius 2 is 1.95 bits per heavy atom. The van der Waals surface area contributed by atoms with Crippen molar-refractivity contribution in [2.24, 2.45) is 0 Å². The van der Waals surface area contributed by atoms with Gasteiger partial charge in [0.05, 0.1) is 6.61 Å². The number of benzene rings is 1. The normalized spacial score (nSPS) is 20.1. The molecule has 0 aliphatic carbocycles. The first kappa shape index (κ1) is 14.4. The highest BCUT2D eigenvalue weighted by atomic mass is 16.3. The van der Waals surface area contributed by atoms with Gasteiger partial charge in [-0.15, -0.1) is 0 Å². The summed E-state index contributed by atoms with van der Waals surface area (Å²) in [6, 6.07) is 7.34. The van der Waals surface area contributed by atoms with E-state index in [0.29, 0.717) is 6.04 Å². The summed E-state index contributed by atoms with van der Waals surface area (Å²) in [5.41, 5.74) is 4.02. The van der Waals surface area contributed by atoms with Crippen LogP contribution in [0.5, 0.6) is 0 Å². The van der Waals surface area contributed by atoms with Gasteiger partial charge in [-0.1, -0.05) is 6.07 Å². The lowest BCUT2D eigenvalue weighted by Crippen LogP contribution is -2.47. The number of hydrogen-bond acceptors (Lipinski definition) is 3. The van der Waals surface area contributed by atoms with Gasteiger partial charge in [-0.05, 0) is 57.0 Å². The van der Waals surface area contributed by atoms with Gasteiger partial charge in [0, 0.05) is 31.4 Å². The molecule has 1 fully saturated rings. The van der Waals surface area contributed by atoms with E-state index in [4.69, 9.17) is 5.11 Å². The number of rotatable bonds is 4. The van der Waals surface area contributed by atoms with Gasteiger partial charge in [0.1, 0.15) is 0 Å². The molecule has 1 aromatic rings. The largest absolute Gasteiger partial charge is 0.395 e. The van der Waals surface area contributed by atoms with Crippen LogP contribution in [0.1, 0.15) is 24.0 Å². The van der Waals surface area contributed by atoms with Crippen molar-refractivity contribution in [2.75, 3.05) is 38.2 Å². The standard InChI is InChI=1S/C16H26N2O/c1-13-9-14(2)11-16(10-13)18-6-4-5-15(12-18)17(3)7-8-19/h9-11,15,19H,4-8,12H2,1-3H3. The predicted octanol–water partition coefficient (Wildman–Crippen LogP) is 2.20. The van der Waals surface area contributed by atoms with Crippen molar-refractivity contribution >= 4 is 5.69 Å². The predicted molar refractivity (Wildman–Crippen MR) is 80.9 cm³/mol. The van der Waals surface area contributed by atoms with Gasteiger partial charge in [-0.3, -0.25) is 4.90 Å². The van der Waals surface area contributed by atoms with E-state index >= 15 is 0 Å². The number of aryl methyl sites for hydroxylation is 2. The molecular formula is C16H26N2O. The van der Waals surface area contributed by atoms with Crippen LogP contribution in [0.3, 0.4) is 0 Å². The van der Waals surface area contributed by atoms with Crippen molar-refractivity contribution in [1.82, 2.24) is 4.90 Å². The average Bonchev–Trinajstić information content (AvgIpc) is 2.38. The SMILES string of the molecule is Cc1cc(C)cc(N2CCCC(N(C)CCO)C2)c1.